The van der Waals surface area contributed by atoms with E-state index >= 15 is 0 Å². The highest BCUT2D eigenvalue weighted by atomic mass is 16.2. The first-order valence-corrected chi connectivity index (χ1v) is 5.39. The average Bonchev–Trinajstić information content (AvgIpc) is 2.33. The van der Waals surface area contributed by atoms with E-state index in [0.29, 0.717) is 12.2 Å². The maximum atomic E-state index is 11.8. The third-order valence-electron chi connectivity index (χ3n) is 2.51. The van der Waals surface area contributed by atoms with Crippen LogP contribution in [-0.2, 0) is 9.59 Å². The fourth-order valence-electron chi connectivity index (χ4n) is 1.52. The van der Waals surface area contributed by atoms with Crippen molar-refractivity contribution in [2.24, 2.45) is 0 Å². The molecule has 1 aliphatic heterocycles. The van der Waals surface area contributed by atoms with Gasteiger partial charge in [-0.3, -0.25) is 19.9 Å². The van der Waals surface area contributed by atoms with Gasteiger partial charge < -0.3 is 10.6 Å². The van der Waals surface area contributed by atoms with Crippen molar-refractivity contribution in [3.63, 3.8) is 0 Å². The normalized spacial score (nSPS) is 19.6. The van der Waals surface area contributed by atoms with Gasteiger partial charge in [-0.15, -0.1) is 0 Å². The Morgan fingerprint density at radius 3 is 2.94 bits per heavy atom. The summed E-state index contributed by atoms with van der Waals surface area (Å²) in [5.41, 5.74) is 1.55. The molecule has 1 saturated heterocycles. The number of hydrogen-bond donors (Lipinski definition) is 3. The largest absolute Gasteiger partial charge is 0.353 e. The molecule has 1 aromatic heterocycles. The van der Waals surface area contributed by atoms with Crippen LogP contribution < -0.4 is 16.0 Å². The standard InChI is InChI=1S/C11H14N4O2/c1-7-2-3-8(4-12-7)15-11(17)9-5-14-10(16)6-13-9/h2-4,9,13H,5-6H2,1H3,(H,14,16)(H,15,17). The van der Waals surface area contributed by atoms with Crippen LogP contribution in [0.5, 0.6) is 0 Å². The Hall–Kier alpha value is -1.95. The molecule has 0 bridgehead atoms. The van der Waals surface area contributed by atoms with E-state index in [2.05, 4.69) is 20.9 Å². The quantitative estimate of drug-likeness (QED) is 0.639. The molecule has 1 aromatic rings. The highest BCUT2D eigenvalue weighted by Gasteiger charge is 2.23. The van der Waals surface area contributed by atoms with E-state index in [9.17, 15) is 9.59 Å². The molecular weight excluding hydrogens is 220 g/mol. The lowest BCUT2D eigenvalue weighted by Crippen LogP contribution is -2.56. The van der Waals surface area contributed by atoms with Gasteiger partial charge in [0.15, 0.2) is 0 Å². The van der Waals surface area contributed by atoms with Crippen molar-refractivity contribution in [3.05, 3.63) is 24.0 Å². The van der Waals surface area contributed by atoms with Crippen LogP contribution >= 0.6 is 0 Å². The van der Waals surface area contributed by atoms with E-state index in [1.165, 1.54) is 0 Å². The van der Waals surface area contributed by atoms with E-state index in [0.717, 1.165) is 5.69 Å². The number of piperazine rings is 1. The lowest BCUT2D eigenvalue weighted by Gasteiger charge is -2.23. The number of aromatic nitrogens is 1. The summed E-state index contributed by atoms with van der Waals surface area (Å²) in [5.74, 6) is -0.262. The minimum absolute atomic E-state index is 0.0916. The number of aryl methyl sites for hydroxylation is 1. The SMILES string of the molecule is Cc1ccc(NC(=O)C2CNC(=O)CN2)cn1. The molecule has 0 spiro atoms. The zero-order valence-electron chi connectivity index (χ0n) is 9.49. The van der Waals surface area contributed by atoms with Gasteiger partial charge in [-0.25, -0.2) is 0 Å². The van der Waals surface area contributed by atoms with Gasteiger partial charge in [0, 0.05) is 12.2 Å². The highest BCUT2D eigenvalue weighted by Crippen LogP contribution is 2.06. The zero-order chi connectivity index (χ0) is 12.3. The van der Waals surface area contributed by atoms with Crippen LogP contribution in [0.4, 0.5) is 5.69 Å². The molecule has 2 heterocycles. The molecule has 0 radical (unpaired) electrons. The molecule has 3 N–H and O–H groups in total. The van der Waals surface area contributed by atoms with Crippen LogP contribution in [-0.4, -0.2) is 35.9 Å². The molecule has 0 saturated carbocycles. The van der Waals surface area contributed by atoms with Gasteiger partial charge in [0.2, 0.25) is 11.8 Å². The summed E-state index contributed by atoms with van der Waals surface area (Å²) >= 11 is 0. The topological polar surface area (TPSA) is 83.1 Å². The van der Waals surface area contributed by atoms with Crippen molar-refractivity contribution >= 4 is 17.5 Å². The van der Waals surface area contributed by atoms with E-state index in [1.807, 2.05) is 13.0 Å². The maximum Gasteiger partial charge on any atom is 0.243 e. The monoisotopic (exact) mass is 234 g/mol. The van der Waals surface area contributed by atoms with Gasteiger partial charge in [0.25, 0.3) is 0 Å². The smallest absolute Gasteiger partial charge is 0.243 e. The van der Waals surface area contributed by atoms with Crippen molar-refractivity contribution < 1.29 is 9.59 Å². The fourth-order valence-corrected chi connectivity index (χ4v) is 1.52. The average molecular weight is 234 g/mol. The first-order valence-electron chi connectivity index (χ1n) is 5.39. The summed E-state index contributed by atoms with van der Waals surface area (Å²) in [6.45, 7) is 2.36. The molecule has 6 heteroatoms. The molecule has 1 unspecified atom stereocenters. The number of nitrogens with zero attached hydrogens (tertiary/aromatic N) is 1. The van der Waals surface area contributed by atoms with E-state index in [4.69, 9.17) is 0 Å². The molecule has 2 rings (SSSR count). The van der Waals surface area contributed by atoms with Crippen molar-refractivity contribution in [2.75, 3.05) is 18.4 Å². The van der Waals surface area contributed by atoms with Crippen molar-refractivity contribution in [1.29, 1.82) is 0 Å². The van der Waals surface area contributed by atoms with Gasteiger partial charge in [0.05, 0.1) is 18.4 Å². The van der Waals surface area contributed by atoms with Crippen molar-refractivity contribution in [3.8, 4) is 0 Å². The molecule has 0 aromatic carbocycles. The minimum atomic E-state index is -0.394. The number of hydrogen-bond acceptors (Lipinski definition) is 4. The van der Waals surface area contributed by atoms with Crippen LogP contribution in [0, 0.1) is 6.92 Å². The first kappa shape index (κ1) is 11.5. The summed E-state index contributed by atoms with van der Waals surface area (Å²) in [6.07, 6.45) is 1.61. The molecular formula is C11H14N4O2. The molecule has 90 valence electrons. The van der Waals surface area contributed by atoms with E-state index in [1.54, 1.807) is 12.3 Å². The van der Waals surface area contributed by atoms with Crippen LogP contribution in [0.1, 0.15) is 5.69 Å². The highest BCUT2D eigenvalue weighted by molar-refractivity contribution is 5.96. The third-order valence-corrected chi connectivity index (χ3v) is 2.51. The predicted octanol–water partition coefficient (Wildman–Crippen LogP) is -0.583. The second-order valence-electron chi connectivity index (χ2n) is 3.92. The Labute approximate surface area is 98.8 Å². The van der Waals surface area contributed by atoms with E-state index in [-0.39, 0.29) is 18.4 Å². The number of amides is 2. The number of nitrogens with one attached hydrogen (secondary N) is 3. The number of rotatable bonds is 2. The van der Waals surface area contributed by atoms with Crippen molar-refractivity contribution in [2.45, 2.75) is 13.0 Å². The number of carbonyl (C=O) groups excluding carboxylic acids is 2. The second kappa shape index (κ2) is 4.92. The fraction of sp³-hybridized carbons (Fsp3) is 0.364. The van der Waals surface area contributed by atoms with Crippen LogP contribution in [0.15, 0.2) is 18.3 Å². The zero-order valence-corrected chi connectivity index (χ0v) is 9.49. The van der Waals surface area contributed by atoms with Crippen LogP contribution in [0.3, 0.4) is 0 Å². The van der Waals surface area contributed by atoms with Gasteiger partial charge in [-0.05, 0) is 19.1 Å². The number of carbonyl (C=O) groups is 2. The summed E-state index contributed by atoms with van der Waals surface area (Å²) in [5, 5.41) is 8.22. The number of pyridine rings is 1. The molecule has 1 atom stereocenters. The Kier molecular flexibility index (Phi) is 3.34. The predicted molar refractivity (Wildman–Crippen MR) is 62.4 cm³/mol. The molecule has 0 aliphatic carbocycles. The lowest BCUT2D eigenvalue weighted by molar-refractivity contribution is -0.124. The van der Waals surface area contributed by atoms with Gasteiger partial charge in [0.1, 0.15) is 6.04 Å². The summed E-state index contributed by atoms with van der Waals surface area (Å²) < 4.78 is 0. The Morgan fingerprint density at radius 2 is 2.35 bits per heavy atom. The minimum Gasteiger partial charge on any atom is -0.353 e. The first-order chi connectivity index (χ1) is 8.15. The lowest BCUT2D eigenvalue weighted by atomic mass is 10.2. The van der Waals surface area contributed by atoms with E-state index < -0.39 is 6.04 Å². The molecule has 17 heavy (non-hydrogen) atoms. The molecule has 1 aliphatic rings. The summed E-state index contributed by atoms with van der Waals surface area (Å²) in [4.78, 5) is 26.8. The summed E-state index contributed by atoms with van der Waals surface area (Å²) in [6, 6.07) is 3.22. The van der Waals surface area contributed by atoms with Crippen LogP contribution in [0.25, 0.3) is 0 Å². The Balaban J connectivity index is 1.92. The Bertz CT molecular complexity index is 420. The molecule has 1 fully saturated rings. The van der Waals surface area contributed by atoms with Gasteiger partial charge in [-0.1, -0.05) is 0 Å². The van der Waals surface area contributed by atoms with Crippen molar-refractivity contribution in [1.82, 2.24) is 15.6 Å². The summed E-state index contributed by atoms with van der Waals surface area (Å²) in [7, 11) is 0. The van der Waals surface area contributed by atoms with Gasteiger partial charge in [-0.2, -0.15) is 0 Å². The molecule has 6 nitrogen and oxygen atoms in total. The molecule has 2 amide bonds. The maximum absolute atomic E-state index is 11.8. The van der Waals surface area contributed by atoms with Crippen LogP contribution in [0.2, 0.25) is 0 Å². The number of anilines is 1. The Morgan fingerprint density at radius 1 is 1.53 bits per heavy atom. The third kappa shape index (κ3) is 3.01. The second-order valence-corrected chi connectivity index (χ2v) is 3.92. The van der Waals surface area contributed by atoms with Gasteiger partial charge >= 0.3 is 0 Å².